The van der Waals surface area contributed by atoms with E-state index in [1.165, 1.54) is 24.3 Å². The third-order valence-electron chi connectivity index (χ3n) is 2.56. The summed E-state index contributed by atoms with van der Waals surface area (Å²) < 4.78 is 13.1. The summed E-state index contributed by atoms with van der Waals surface area (Å²) in [4.78, 5) is 11.9. The number of carbonyl (C=O) groups is 1. The minimum Gasteiger partial charge on any atom is -0.321 e. The number of carbonyl (C=O) groups excluding carboxylic acids is 1. The van der Waals surface area contributed by atoms with Crippen molar-refractivity contribution in [2.45, 2.75) is 0 Å². The number of nitriles is 1. The second kappa shape index (κ2) is 6.30. The third-order valence-corrected chi connectivity index (χ3v) is 2.56. The van der Waals surface area contributed by atoms with Gasteiger partial charge in [-0.3, -0.25) is 4.79 Å². The highest BCUT2D eigenvalue weighted by molar-refractivity contribution is 6.09. The Morgan fingerprint density at radius 3 is 2.55 bits per heavy atom. The van der Waals surface area contributed by atoms with Crippen LogP contribution < -0.4 is 5.32 Å². The first-order valence-corrected chi connectivity index (χ1v) is 5.93. The molecule has 0 saturated heterocycles. The number of anilines is 1. The van der Waals surface area contributed by atoms with Crippen LogP contribution in [0.25, 0.3) is 6.08 Å². The average molecular weight is 266 g/mol. The summed E-state index contributed by atoms with van der Waals surface area (Å²) in [5, 5.41) is 11.6. The number of para-hydroxylation sites is 1. The van der Waals surface area contributed by atoms with Gasteiger partial charge in [0.1, 0.15) is 17.5 Å². The molecule has 0 saturated carbocycles. The van der Waals surface area contributed by atoms with E-state index in [-0.39, 0.29) is 5.57 Å². The minimum absolute atomic E-state index is 0.0838. The Labute approximate surface area is 116 Å². The quantitative estimate of drug-likeness (QED) is 0.684. The molecule has 0 heterocycles. The SMILES string of the molecule is N#C/C(=C/c1cccc(F)c1)C(=O)Nc1ccccc1. The van der Waals surface area contributed by atoms with Gasteiger partial charge in [0.25, 0.3) is 5.91 Å². The summed E-state index contributed by atoms with van der Waals surface area (Å²) in [6.45, 7) is 0. The van der Waals surface area contributed by atoms with Crippen molar-refractivity contribution in [3.8, 4) is 6.07 Å². The number of nitrogens with zero attached hydrogens (tertiary/aromatic N) is 1. The van der Waals surface area contributed by atoms with Gasteiger partial charge in [-0.1, -0.05) is 30.3 Å². The van der Waals surface area contributed by atoms with Gasteiger partial charge < -0.3 is 5.32 Å². The molecular formula is C16H11FN2O. The van der Waals surface area contributed by atoms with Gasteiger partial charge in [-0.15, -0.1) is 0 Å². The molecule has 2 rings (SSSR count). The van der Waals surface area contributed by atoms with Crippen molar-refractivity contribution in [2.75, 3.05) is 5.32 Å². The van der Waals surface area contributed by atoms with Crippen molar-refractivity contribution >= 4 is 17.7 Å². The maximum absolute atomic E-state index is 13.1. The molecule has 0 bridgehead atoms. The lowest BCUT2D eigenvalue weighted by atomic mass is 10.1. The summed E-state index contributed by atoms with van der Waals surface area (Å²) in [5.74, 6) is -0.942. The fourth-order valence-electron chi connectivity index (χ4n) is 1.63. The molecule has 0 aliphatic rings. The highest BCUT2D eigenvalue weighted by Crippen LogP contribution is 2.11. The molecule has 1 amide bonds. The van der Waals surface area contributed by atoms with Gasteiger partial charge in [-0.05, 0) is 35.9 Å². The monoisotopic (exact) mass is 266 g/mol. The molecule has 0 aromatic heterocycles. The molecule has 0 aliphatic heterocycles. The number of hydrogen-bond acceptors (Lipinski definition) is 2. The first-order chi connectivity index (χ1) is 9.69. The predicted molar refractivity (Wildman–Crippen MR) is 75.1 cm³/mol. The van der Waals surface area contributed by atoms with Gasteiger partial charge in [0.05, 0.1) is 0 Å². The lowest BCUT2D eigenvalue weighted by Gasteiger charge is -2.03. The zero-order valence-corrected chi connectivity index (χ0v) is 10.5. The largest absolute Gasteiger partial charge is 0.321 e. The van der Waals surface area contributed by atoms with Gasteiger partial charge in [0, 0.05) is 5.69 Å². The normalized spacial score (nSPS) is 10.7. The van der Waals surface area contributed by atoms with Crippen LogP contribution in [0.3, 0.4) is 0 Å². The van der Waals surface area contributed by atoms with Gasteiger partial charge in [0.2, 0.25) is 0 Å². The van der Waals surface area contributed by atoms with E-state index < -0.39 is 11.7 Å². The highest BCUT2D eigenvalue weighted by Gasteiger charge is 2.09. The molecule has 98 valence electrons. The molecule has 0 fully saturated rings. The standard InChI is InChI=1S/C16H11FN2O/c17-14-6-4-5-12(10-14)9-13(11-18)16(20)19-15-7-2-1-3-8-15/h1-10H,(H,19,20)/b13-9-. The second-order valence-electron chi connectivity index (χ2n) is 4.04. The fourth-order valence-corrected chi connectivity index (χ4v) is 1.63. The Bertz CT molecular complexity index is 687. The Morgan fingerprint density at radius 1 is 1.15 bits per heavy atom. The van der Waals surface area contributed by atoms with E-state index in [2.05, 4.69) is 5.32 Å². The van der Waals surface area contributed by atoms with Crippen molar-refractivity contribution in [2.24, 2.45) is 0 Å². The van der Waals surface area contributed by atoms with Crippen LogP contribution in [0.15, 0.2) is 60.2 Å². The fraction of sp³-hybridized carbons (Fsp3) is 0. The van der Waals surface area contributed by atoms with Gasteiger partial charge in [-0.2, -0.15) is 5.26 Å². The van der Waals surface area contributed by atoms with Crippen LogP contribution in [-0.2, 0) is 4.79 Å². The smallest absolute Gasteiger partial charge is 0.266 e. The van der Waals surface area contributed by atoms with Crippen molar-refractivity contribution in [3.63, 3.8) is 0 Å². The lowest BCUT2D eigenvalue weighted by molar-refractivity contribution is -0.112. The zero-order valence-electron chi connectivity index (χ0n) is 10.5. The zero-order chi connectivity index (χ0) is 14.4. The molecule has 3 nitrogen and oxygen atoms in total. The maximum Gasteiger partial charge on any atom is 0.266 e. The van der Waals surface area contributed by atoms with Gasteiger partial charge >= 0.3 is 0 Å². The summed E-state index contributed by atoms with van der Waals surface area (Å²) >= 11 is 0. The number of nitrogens with one attached hydrogen (secondary N) is 1. The summed E-state index contributed by atoms with van der Waals surface area (Å²) in [6.07, 6.45) is 1.35. The third kappa shape index (κ3) is 3.53. The maximum atomic E-state index is 13.1. The molecule has 2 aromatic carbocycles. The van der Waals surface area contributed by atoms with Crippen molar-refractivity contribution in [3.05, 3.63) is 71.6 Å². The van der Waals surface area contributed by atoms with Crippen LogP contribution in [0, 0.1) is 17.1 Å². The Kier molecular flexibility index (Phi) is 4.25. The Morgan fingerprint density at radius 2 is 1.90 bits per heavy atom. The van der Waals surface area contributed by atoms with Crippen LogP contribution in [0.5, 0.6) is 0 Å². The van der Waals surface area contributed by atoms with Crippen LogP contribution >= 0.6 is 0 Å². The molecule has 0 unspecified atom stereocenters. The van der Waals surface area contributed by atoms with E-state index in [0.29, 0.717) is 11.3 Å². The number of benzene rings is 2. The molecule has 4 heteroatoms. The Balaban J connectivity index is 2.20. The first kappa shape index (κ1) is 13.5. The lowest BCUT2D eigenvalue weighted by Crippen LogP contribution is -2.13. The van der Waals surface area contributed by atoms with Crippen LogP contribution in [-0.4, -0.2) is 5.91 Å². The molecule has 2 aromatic rings. The molecular weight excluding hydrogens is 255 g/mol. The molecule has 0 aliphatic carbocycles. The van der Waals surface area contributed by atoms with Gasteiger partial charge in [-0.25, -0.2) is 4.39 Å². The van der Waals surface area contributed by atoms with Crippen molar-refractivity contribution in [1.29, 1.82) is 5.26 Å². The number of rotatable bonds is 3. The van der Waals surface area contributed by atoms with Crippen LogP contribution in [0.2, 0.25) is 0 Å². The van der Waals surface area contributed by atoms with E-state index in [1.807, 2.05) is 12.1 Å². The van der Waals surface area contributed by atoms with E-state index in [4.69, 9.17) is 5.26 Å². The molecule has 20 heavy (non-hydrogen) atoms. The summed E-state index contributed by atoms with van der Waals surface area (Å²) in [6, 6.07) is 16.3. The highest BCUT2D eigenvalue weighted by atomic mass is 19.1. The number of amides is 1. The van der Waals surface area contributed by atoms with Crippen LogP contribution in [0.4, 0.5) is 10.1 Å². The minimum atomic E-state index is -0.525. The van der Waals surface area contributed by atoms with E-state index >= 15 is 0 Å². The van der Waals surface area contributed by atoms with Gasteiger partial charge in [0.15, 0.2) is 0 Å². The number of halogens is 1. The predicted octanol–water partition coefficient (Wildman–Crippen LogP) is 3.37. The van der Waals surface area contributed by atoms with E-state index in [0.717, 1.165) is 0 Å². The van der Waals surface area contributed by atoms with Crippen molar-refractivity contribution in [1.82, 2.24) is 0 Å². The van der Waals surface area contributed by atoms with E-state index in [1.54, 1.807) is 30.3 Å². The molecule has 0 radical (unpaired) electrons. The van der Waals surface area contributed by atoms with Crippen LogP contribution in [0.1, 0.15) is 5.56 Å². The second-order valence-corrected chi connectivity index (χ2v) is 4.04. The van der Waals surface area contributed by atoms with E-state index in [9.17, 15) is 9.18 Å². The molecule has 0 spiro atoms. The first-order valence-electron chi connectivity index (χ1n) is 5.93. The summed E-state index contributed by atoms with van der Waals surface area (Å²) in [5.41, 5.74) is 0.974. The van der Waals surface area contributed by atoms with Crippen molar-refractivity contribution < 1.29 is 9.18 Å². The topological polar surface area (TPSA) is 52.9 Å². The molecule has 0 atom stereocenters. The number of hydrogen-bond donors (Lipinski definition) is 1. The molecule has 1 N–H and O–H groups in total. The summed E-state index contributed by atoms with van der Waals surface area (Å²) in [7, 11) is 0. The average Bonchev–Trinajstić information content (AvgIpc) is 2.46. The Hall–Kier alpha value is -2.93.